The summed E-state index contributed by atoms with van der Waals surface area (Å²) in [7, 11) is 1.15. The maximum absolute atomic E-state index is 13.2. The Labute approximate surface area is 84.7 Å². The van der Waals surface area contributed by atoms with E-state index in [1.807, 2.05) is 0 Å². The zero-order chi connectivity index (χ0) is 10.7. The predicted molar refractivity (Wildman–Crippen MR) is 47.5 cm³/mol. The smallest absolute Gasteiger partial charge is 0.339 e. The molecule has 1 rings (SSSR count). The van der Waals surface area contributed by atoms with Gasteiger partial charge in [0.05, 0.1) is 17.7 Å². The van der Waals surface area contributed by atoms with Gasteiger partial charge in [-0.15, -0.1) is 0 Å². The van der Waals surface area contributed by atoms with E-state index in [9.17, 15) is 9.18 Å². The van der Waals surface area contributed by atoms with E-state index in [1.165, 1.54) is 12.1 Å². The number of methoxy groups -OCH3 is 1. The highest BCUT2D eigenvalue weighted by Gasteiger charge is 2.17. The van der Waals surface area contributed by atoms with Gasteiger partial charge in [0.2, 0.25) is 0 Å². The van der Waals surface area contributed by atoms with E-state index >= 15 is 0 Å². The van der Waals surface area contributed by atoms with E-state index in [2.05, 4.69) is 4.74 Å². The van der Waals surface area contributed by atoms with Crippen molar-refractivity contribution >= 4 is 17.6 Å². The second-order valence-electron chi connectivity index (χ2n) is 2.39. The van der Waals surface area contributed by atoms with Gasteiger partial charge >= 0.3 is 5.97 Å². The van der Waals surface area contributed by atoms with Gasteiger partial charge in [-0.3, -0.25) is 0 Å². The summed E-state index contributed by atoms with van der Waals surface area (Å²) in [5.41, 5.74) is -0.527. The summed E-state index contributed by atoms with van der Waals surface area (Å²) < 4.78 is 17.6. The molecule has 0 bridgehead atoms. The maximum atomic E-state index is 13.2. The summed E-state index contributed by atoms with van der Waals surface area (Å²) in [6, 6.07) is 4.00. The summed E-state index contributed by atoms with van der Waals surface area (Å²) in [6.07, 6.45) is 0. The molecule has 0 unspecified atom stereocenters. The average Bonchev–Trinajstić information content (AvgIpc) is 2.20. The van der Waals surface area contributed by atoms with Crippen molar-refractivity contribution in [3.8, 4) is 6.07 Å². The zero-order valence-corrected chi connectivity index (χ0v) is 7.93. The number of hydrogen-bond donors (Lipinski definition) is 0. The van der Waals surface area contributed by atoms with E-state index in [1.54, 1.807) is 6.07 Å². The predicted octanol–water partition coefficient (Wildman–Crippen LogP) is 2.14. The second kappa shape index (κ2) is 4.07. The molecule has 14 heavy (non-hydrogen) atoms. The number of nitriles is 1. The lowest BCUT2D eigenvalue weighted by Crippen LogP contribution is -2.05. The highest BCUT2D eigenvalue weighted by Crippen LogP contribution is 2.21. The molecule has 5 heteroatoms. The molecule has 0 N–H and O–H groups in total. The Bertz CT molecular complexity index is 426. The monoisotopic (exact) mass is 213 g/mol. The molecule has 0 aliphatic rings. The lowest BCUT2D eigenvalue weighted by atomic mass is 10.1. The Kier molecular flexibility index (Phi) is 3.05. The molecule has 0 radical (unpaired) electrons. The molecule has 0 spiro atoms. The van der Waals surface area contributed by atoms with Crippen LogP contribution in [0.1, 0.15) is 15.9 Å². The van der Waals surface area contributed by atoms with Crippen molar-refractivity contribution < 1.29 is 13.9 Å². The van der Waals surface area contributed by atoms with E-state index in [0.29, 0.717) is 0 Å². The van der Waals surface area contributed by atoms with Crippen LogP contribution in [0.2, 0.25) is 5.02 Å². The molecule has 0 saturated heterocycles. The number of carbonyl (C=O) groups is 1. The van der Waals surface area contributed by atoms with Crippen LogP contribution < -0.4 is 0 Å². The number of esters is 1. The molecule has 72 valence electrons. The fraction of sp³-hybridized carbons (Fsp3) is 0.111. The fourth-order valence-electron chi connectivity index (χ4n) is 0.940. The summed E-state index contributed by atoms with van der Waals surface area (Å²) in [6.45, 7) is 0. The molecule has 1 aromatic rings. The van der Waals surface area contributed by atoms with Crippen molar-refractivity contribution in [2.24, 2.45) is 0 Å². The van der Waals surface area contributed by atoms with Crippen LogP contribution in [-0.2, 0) is 4.74 Å². The Morgan fingerprint density at radius 2 is 2.29 bits per heavy atom. The standard InChI is InChI=1S/C9H5ClFNO2/c1-14-9(13)5-2-3-7(10)8(11)6(5)4-12/h2-3H,1H3. The summed E-state index contributed by atoms with van der Waals surface area (Å²) in [5, 5.41) is 8.41. The first kappa shape index (κ1) is 10.5. The molecule has 0 fully saturated rings. The molecule has 3 nitrogen and oxygen atoms in total. The van der Waals surface area contributed by atoms with Crippen LogP contribution in [0.5, 0.6) is 0 Å². The minimum Gasteiger partial charge on any atom is -0.465 e. The van der Waals surface area contributed by atoms with Crippen LogP contribution in [0, 0.1) is 17.1 Å². The molecule has 0 atom stereocenters. The number of benzene rings is 1. The van der Waals surface area contributed by atoms with Crippen LogP contribution in [0.4, 0.5) is 4.39 Å². The number of hydrogen-bond acceptors (Lipinski definition) is 3. The molecule has 0 amide bonds. The van der Waals surface area contributed by atoms with Gasteiger partial charge in [-0.1, -0.05) is 11.6 Å². The summed E-state index contributed by atoms with van der Waals surface area (Å²) >= 11 is 5.43. The fourth-order valence-corrected chi connectivity index (χ4v) is 1.10. The first-order chi connectivity index (χ1) is 6.61. The van der Waals surface area contributed by atoms with Crippen LogP contribution in [0.3, 0.4) is 0 Å². The number of nitrogens with zero attached hydrogens (tertiary/aromatic N) is 1. The average molecular weight is 214 g/mol. The topological polar surface area (TPSA) is 50.1 Å². The second-order valence-corrected chi connectivity index (χ2v) is 2.79. The summed E-state index contributed by atoms with van der Waals surface area (Å²) in [4.78, 5) is 11.1. The zero-order valence-electron chi connectivity index (χ0n) is 7.17. The van der Waals surface area contributed by atoms with Crippen LogP contribution in [0.25, 0.3) is 0 Å². The van der Waals surface area contributed by atoms with Crippen molar-refractivity contribution in [1.82, 2.24) is 0 Å². The van der Waals surface area contributed by atoms with Gasteiger partial charge in [0, 0.05) is 0 Å². The Morgan fingerprint density at radius 3 is 2.79 bits per heavy atom. The van der Waals surface area contributed by atoms with Gasteiger partial charge in [0.1, 0.15) is 11.6 Å². The first-order valence-corrected chi connectivity index (χ1v) is 3.96. The molecule has 0 aromatic heterocycles. The van der Waals surface area contributed by atoms with Crippen molar-refractivity contribution in [2.75, 3.05) is 7.11 Å². The van der Waals surface area contributed by atoms with Crippen molar-refractivity contribution in [2.45, 2.75) is 0 Å². The number of halogens is 2. The minimum atomic E-state index is -0.905. The molecule has 0 aliphatic carbocycles. The quantitative estimate of drug-likeness (QED) is 0.672. The minimum absolute atomic E-state index is 0.128. The highest BCUT2D eigenvalue weighted by atomic mass is 35.5. The van der Waals surface area contributed by atoms with Crippen molar-refractivity contribution in [1.29, 1.82) is 5.26 Å². The number of ether oxygens (including phenoxy) is 1. The van der Waals surface area contributed by atoms with E-state index in [-0.39, 0.29) is 10.6 Å². The lowest BCUT2D eigenvalue weighted by Gasteiger charge is -2.03. The van der Waals surface area contributed by atoms with Gasteiger partial charge in [0.15, 0.2) is 5.82 Å². The Hall–Kier alpha value is -1.60. The van der Waals surface area contributed by atoms with Crippen LogP contribution >= 0.6 is 11.6 Å². The lowest BCUT2D eigenvalue weighted by molar-refractivity contribution is 0.0600. The molecular weight excluding hydrogens is 209 g/mol. The van der Waals surface area contributed by atoms with Crippen molar-refractivity contribution in [3.63, 3.8) is 0 Å². The SMILES string of the molecule is COC(=O)c1ccc(Cl)c(F)c1C#N. The molecule has 0 saturated carbocycles. The van der Waals surface area contributed by atoms with Crippen LogP contribution in [-0.4, -0.2) is 13.1 Å². The van der Waals surface area contributed by atoms with Gasteiger partial charge in [-0.25, -0.2) is 9.18 Å². The van der Waals surface area contributed by atoms with E-state index < -0.39 is 17.3 Å². The highest BCUT2D eigenvalue weighted by molar-refractivity contribution is 6.31. The van der Waals surface area contributed by atoms with Crippen LogP contribution in [0.15, 0.2) is 12.1 Å². The maximum Gasteiger partial charge on any atom is 0.339 e. The van der Waals surface area contributed by atoms with Crippen molar-refractivity contribution in [3.05, 3.63) is 34.1 Å². The van der Waals surface area contributed by atoms with Gasteiger partial charge in [-0.2, -0.15) is 5.26 Å². The largest absolute Gasteiger partial charge is 0.465 e. The number of rotatable bonds is 1. The summed E-state index contributed by atoms with van der Waals surface area (Å²) in [5.74, 6) is -1.67. The van der Waals surface area contributed by atoms with Gasteiger partial charge in [0.25, 0.3) is 0 Å². The molecule has 1 aromatic carbocycles. The first-order valence-electron chi connectivity index (χ1n) is 3.58. The Balaban J connectivity index is 3.40. The van der Waals surface area contributed by atoms with E-state index in [0.717, 1.165) is 7.11 Å². The molecular formula is C9H5ClFNO2. The number of carbonyl (C=O) groups excluding carboxylic acids is 1. The third-order valence-electron chi connectivity index (χ3n) is 1.61. The third kappa shape index (κ3) is 1.68. The van der Waals surface area contributed by atoms with Gasteiger partial charge in [-0.05, 0) is 12.1 Å². The molecule has 0 aliphatic heterocycles. The third-order valence-corrected chi connectivity index (χ3v) is 1.90. The molecule has 0 heterocycles. The van der Waals surface area contributed by atoms with E-state index in [4.69, 9.17) is 16.9 Å². The Morgan fingerprint density at radius 1 is 1.64 bits per heavy atom. The normalized spacial score (nSPS) is 9.29. The van der Waals surface area contributed by atoms with Gasteiger partial charge < -0.3 is 4.74 Å².